The highest BCUT2D eigenvalue weighted by molar-refractivity contribution is 5.84. The van der Waals surface area contributed by atoms with Crippen LogP contribution < -0.4 is 26.1 Å². The molecule has 1 fully saturated rings. The Hall–Kier alpha value is -3.62. The summed E-state index contributed by atoms with van der Waals surface area (Å²) in [5.74, 6) is 1.78. The monoisotopic (exact) mass is 392 g/mol. The van der Waals surface area contributed by atoms with E-state index in [-0.39, 0.29) is 29.7 Å². The summed E-state index contributed by atoms with van der Waals surface area (Å²) in [6, 6.07) is 7.43. The van der Waals surface area contributed by atoms with Crippen LogP contribution in [0.2, 0.25) is 0 Å². The van der Waals surface area contributed by atoms with Crippen LogP contribution in [0.1, 0.15) is 6.42 Å². The zero-order chi connectivity index (χ0) is 20.0. The van der Waals surface area contributed by atoms with Crippen molar-refractivity contribution < 1.29 is 14.5 Å². The number of amides is 1. The predicted octanol–water partition coefficient (Wildman–Crippen LogP) is 1.61. The minimum atomic E-state index is -0.278. The van der Waals surface area contributed by atoms with Crippen molar-refractivity contribution >= 4 is 34.5 Å². The minimum Gasteiger partial charge on any atom is -0.497 e. The fraction of sp³-hybridized carbons (Fsp3) is 0.300. The molecule has 0 aliphatic heterocycles. The van der Waals surface area contributed by atoms with E-state index in [9.17, 15) is 4.79 Å². The Labute approximate surface area is 166 Å². The van der Waals surface area contributed by atoms with Crippen molar-refractivity contribution in [3.05, 3.63) is 42.7 Å². The molecule has 2 bridgehead atoms. The number of H-pyrrole nitrogens is 2. The molecule has 5 rings (SSSR count). The number of allylic oxidation sites excluding steroid dienone is 1. The van der Waals surface area contributed by atoms with Gasteiger partial charge in [-0.2, -0.15) is 4.98 Å². The molecule has 1 amide bonds. The standard InChI is InChI=1S/C20H21N7O2/c1-29-13-6-4-12(5-7-13)24-20-26-18-16(22-9-23-18)19(27-20)25-15-11-3-2-10(8-11)14(15)17(21)28/h2-7,9-11,14-15H,8H2,1H3,(H2,21,28)(H3,22,23,24,25,26,27)/p+1. The number of carbonyl (C=O) groups is 1. The van der Waals surface area contributed by atoms with Gasteiger partial charge in [0.05, 0.1) is 13.0 Å². The number of imidazole rings is 1. The van der Waals surface area contributed by atoms with Crippen molar-refractivity contribution in [2.45, 2.75) is 12.5 Å². The summed E-state index contributed by atoms with van der Waals surface area (Å²) in [4.78, 5) is 27.4. The largest absolute Gasteiger partial charge is 0.497 e. The van der Waals surface area contributed by atoms with Gasteiger partial charge in [0.2, 0.25) is 11.4 Å². The van der Waals surface area contributed by atoms with Gasteiger partial charge in [-0.05, 0) is 42.5 Å². The fourth-order valence-corrected chi connectivity index (χ4v) is 4.41. The zero-order valence-corrected chi connectivity index (χ0v) is 15.8. The van der Waals surface area contributed by atoms with E-state index in [0.29, 0.717) is 17.4 Å². The molecule has 29 heavy (non-hydrogen) atoms. The number of aromatic amines is 2. The summed E-state index contributed by atoms with van der Waals surface area (Å²) in [5.41, 5.74) is 7.94. The third kappa shape index (κ3) is 3.04. The number of hydrogen-bond donors (Lipinski definition) is 4. The fourth-order valence-electron chi connectivity index (χ4n) is 4.41. The van der Waals surface area contributed by atoms with Gasteiger partial charge in [-0.1, -0.05) is 17.1 Å². The molecule has 4 unspecified atom stereocenters. The smallest absolute Gasteiger partial charge is 0.307 e. The SMILES string of the molecule is COc1ccc(Nc2nc(NC3C4C=CC(C4)C3C(N)=O)c3[nH]c[nH+]c3n2)cc1. The first-order chi connectivity index (χ1) is 14.1. The van der Waals surface area contributed by atoms with E-state index in [1.165, 1.54) is 0 Å². The average Bonchev–Trinajstić information content (AvgIpc) is 3.44. The van der Waals surface area contributed by atoms with Crippen LogP contribution in [0.5, 0.6) is 5.75 Å². The third-order valence-corrected chi connectivity index (χ3v) is 5.77. The Morgan fingerprint density at radius 3 is 2.79 bits per heavy atom. The lowest BCUT2D eigenvalue weighted by atomic mass is 9.88. The Balaban J connectivity index is 1.46. The minimum absolute atomic E-state index is 0.0854. The van der Waals surface area contributed by atoms with Gasteiger partial charge in [-0.15, -0.1) is 0 Å². The molecular formula is C20H22N7O2+. The van der Waals surface area contributed by atoms with E-state index >= 15 is 0 Å². The van der Waals surface area contributed by atoms with Crippen molar-refractivity contribution in [1.82, 2.24) is 15.0 Å². The highest BCUT2D eigenvalue weighted by atomic mass is 16.5. The summed E-state index contributed by atoms with van der Waals surface area (Å²) >= 11 is 0. The van der Waals surface area contributed by atoms with Crippen LogP contribution in [0.25, 0.3) is 11.2 Å². The van der Waals surface area contributed by atoms with Crippen LogP contribution in [-0.2, 0) is 4.79 Å². The van der Waals surface area contributed by atoms with Crippen LogP contribution in [0.15, 0.2) is 42.7 Å². The van der Waals surface area contributed by atoms with Gasteiger partial charge in [-0.3, -0.25) is 9.78 Å². The summed E-state index contributed by atoms with van der Waals surface area (Å²) in [7, 11) is 1.63. The van der Waals surface area contributed by atoms with E-state index < -0.39 is 0 Å². The number of benzene rings is 1. The topological polar surface area (TPSA) is 132 Å². The number of anilines is 3. The van der Waals surface area contributed by atoms with E-state index in [0.717, 1.165) is 23.4 Å². The summed E-state index contributed by atoms with van der Waals surface area (Å²) in [6.07, 6.45) is 6.91. The molecule has 6 N–H and O–H groups in total. The predicted molar refractivity (Wildman–Crippen MR) is 108 cm³/mol. The molecule has 9 nitrogen and oxygen atoms in total. The molecule has 4 atom stereocenters. The summed E-state index contributed by atoms with van der Waals surface area (Å²) in [5, 5.41) is 6.68. The number of rotatable bonds is 6. The van der Waals surface area contributed by atoms with Gasteiger partial charge in [-0.25, -0.2) is 4.98 Å². The number of hydrogen-bond acceptors (Lipinski definition) is 6. The van der Waals surface area contributed by atoms with Crippen LogP contribution >= 0.6 is 0 Å². The average molecular weight is 392 g/mol. The third-order valence-electron chi connectivity index (χ3n) is 5.77. The number of nitrogens with one attached hydrogen (secondary N) is 4. The van der Waals surface area contributed by atoms with Crippen molar-refractivity contribution in [1.29, 1.82) is 0 Å². The number of methoxy groups -OCH3 is 1. The molecule has 2 aliphatic carbocycles. The maximum Gasteiger partial charge on any atom is 0.307 e. The molecule has 1 saturated carbocycles. The molecule has 0 radical (unpaired) electrons. The molecule has 1 aromatic carbocycles. The molecule has 2 aromatic heterocycles. The highest BCUT2D eigenvalue weighted by Gasteiger charge is 2.47. The molecule has 2 aliphatic rings. The first-order valence-corrected chi connectivity index (χ1v) is 9.54. The first kappa shape index (κ1) is 17.5. The van der Waals surface area contributed by atoms with E-state index in [1.54, 1.807) is 13.4 Å². The molecule has 0 saturated heterocycles. The first-order valence-electron chi connectivity index (χ1n) is 9.54. The second-order valence-electron chi connectivity index (χ2n) is 7.45. The molecule has 148 valence electrons. The molecule has 0 spiro atoms. The summed E-state index contributed by atoms with van der Waals surface area (Å²) < 4.78 is 5.19. The number of ether oxygens (including phenoxy) is 1. The highest BCUT2D eigenvalue weighted by Crippen LogP contribution is 2.45. The molecule has 2 heterocycles. The number of carbonyl (C=O) groups excluding carboxylic acids is 1. The van der Waals surface area contributed by atoms with Gasteiger partial charge < -0.3 is 21.1 Å². The van der Waals surface area contributed by atoms with Crippen LogP contribution in [0, 0.1) is 17.8 Å². The van der Waals surface area contributed by atoms with E-state index in [1.807, 2.05) is 24.3 Å². The normalized spacial score (nSPS) is 24.7. The lowest BCUT2D eigenvalue weighted by Gasteiger charge is -2.26. The van der Waals surface area contributed by atoms with Crippen LogP contribution in [0.4, 0.5) is 17.5 Å². The van der Waals surface area contributed by atoms with Crippen molar-refractivity contribution in [2.75, 3.05) is 17.7 Å². The quantitative estimate of drug-likeness (QED) is 0.471. The van der Waals surface area contributed by atoms with Gasteiger partial charge in [0.1, 0.15) is 5.75 Å². The number of primary amides is 1. The maximum absolute atomic E-state index is 12.0. The van der Waals surface area contributed by atoms with Crippen LogP contribution in [-0.4, -0.2) is 34.0 Å². The lowest BCUT2D eigenvalue weighted by molar-refractivity contribution is -0.347. The second kappa shape index (κ2) is 6.77. The second-order valence-corrected chi connectivity index (χ2v) is 7.45. The maximum atomic E-state index is 12.0. The van der Waals surface area contributed by atoms with Gasteiger partial charge in [0.15, 0.2) is 12.1 Å². The molecule has 3 aromatic rings. The number of fused-ring (bicyclic) bond motifs is 3. The summed E-state index contributed by atoms with van der Waals surface area (Å²) in [6.45, 7) is 0. The number of nitrogens with two attached hydrogens (primary N) is 1. The van der Waals surface area contributed by atoms with Crippen molar-refractivity contribution in [3.8, 4) is 5.75 Å². The van der Waals surface area contributed by atoms with Gasteiger partial charge >= 0.3 is 11.6 Å². The zero-order valence-electron chi connectivity index (χ0n) is 15.8. The molecule has 9 heteroatoms. The Bertz CT molecular complexity index is 1090. The number of aromatic nitrogens is 4. The Morgan fingerprint density at radius 1 is 1.24 bits per heavy atom. The molecular weight excluding hydrogens is 370 g/mol. The Morgan fingerprint density at radius 2 is 2.03 bits per heavy atom. The van der Waals surface area contributed by atoms with Gasteiger partial charge in [0.25, 0.3) is 0 Å². The van der Waals surface area contributed by atoms with E-state index in [4.69, 9.17) is 10.5 Å². The lowest BCUT2D eigenvalue weighted by Crippen LogP contribution is -2.41. The Kier molecular flexibility index (Phi) is 4.08. The number of nitrogens with zero attached hydrogens (tertiary/aromatic N) is 2. The van der Waals surface area contributed by atoms with E-state index in [2.05, 4.69) is 42.7 Å². The van der Waals surface area contributed by atoms with Crippen molar-refractivity contribution in [3.63, 3.8) is 0 Å². The van der Waals surface area contributed by atoms with Gasteiger partial charge in [0, 0.05) is 11.7 Å². The van der Waals surface area contributed by atoms with Crippen LogP contribution in [0.3, 0.4) is 0 Å². The van der Waals surface area contributed by atoms with Crippen molar-refractivity contribution in [2.24, 2.45) is 23.5 Å².